The van der Waals surface area contributed by atoms with E-state index in [4.69, 9.17) is 30.9 Å². The van der Waals surface area contributed by atoms with Gasteiger partial charge >= 0.3 is 11.9 Å². The largest absolute Gasteiger partial charge is 0.469 e. The van der Waals surface area contributed by atoms with E-state index in [0.717, 1.165) is 39.6 Å². The van der Waals surface area contributed by atoms with Crippen LogP contribution in [0.15, 0.2) is 110 Å². The van der Waals surface area contributed by atoms with Crippen LogP contribution in [-0.4, -0.2) is 60.2 Å². The van der Waals surface area contributed by atoms with E-state index in [9.17, 15) is 9.59 Å². The lowest BCUT2D eigenvalue weighted by atomic mass is 10.0. The Bertz CT molecular complexity index is 1860. The molecule has 44 heavy (non-hydrogen) atoms. The zero-order valence-electron chi connectivity index (χ0n) is 24.6. The summed E-state index contributed by atoms with van der Waals surface area (Å²) in [5.74, 6) is 2.97. The first-order chi connectivity index (χ1) is 21.4. The Morgan fingerprint density at radius 1 is 0.818 bits per heavy atom. The van der Waals surface area contributed by atoms with Gasteiger partial charge in [0.2, 0.25) is 0 Å². The van der Waals surface area contributed by atoms with Crippen LogP contribution in [0.3, 0.4) is 0 Å². The Kier molecular flexibility index (Phi) is 7.69. The molecule has 0 spiro atoms. The van der Waals surface area contributed by atoms with E-state index in [1.54, 1.807) is 0 Å². The first kappa shape index (κ1) is 28.4. The van der Waals surface area contributed by atoms with Crippen molar-refractivity contribution >= 4 is 40.2 Å². The molecule has 8 bridgehead atoms. The summed E-state index contributed by atoms with van der Waals surface area (Å²) < 4.78 is 9.85. The number of hydrogen-bond acceptors (Lipinski definition) is 9. The molecule has 10 nitrogen and oxygen atoms in total. The normalized spacial score (nSPS) is 19.9. The molecule has 0 aliphatic carbocycles. The van der Waals surface area contributed by atoms with E-state index >= 15 is 0 Å². The van der Waals surface area contributed by atoms with Crippen molar-refractivity contribution in [2.45, 2.75) is 25.7 Å². The van der Waals surface area contributed by atoms with Crippen LogP contribution in [0.1, 0.15) is 37.1 Å². The zero-order valence-corrected chi connectivity index (χ0v) is 24.6. The van der Waals surface area contributed by atoms with E-state index in [1.807, 2.05) is 72.9 Å². The molecule has 10 heteroatoms. The standard InChI is InChI=1S/C34H30N6O4/c1-5-20-23-8-10-25(36-23)21(6-16-31(41)43-3)27-12-14-29(38-27)33(34-35-18-19-40(34)2)30-15-13-28(39-30)22(7-17-32(42)44-4)26-11-9-24(20)37-26/h1,8-15,18-19,35,38H,6-7,16-17H2,2-4H3/b24-20?,25-21?,28-22?,34-33-. The van der Waals surface area contributed by atoms with Crippen LogP contribution >= 0.6 is 0 Å². The third-order valence-corrected chi connectivity index (χ3v) is 7.76. The molecular weight excluding hydrogens is 556 g/mol. The number of aromatic amines is 1. The van der Waals surface area contributed by atoms with Gasteiger partial charge in [-0.05, 0) is 61.4 Å². The molecule has 0 radical (unpaired) electrons. The van der Waals surface area contributed by atoms with Crippen LogP contribution in [0.2, 0.25) is 0 Å². The quantitative estimate of drug-likeness (QED) is 0.374. The van der Waals surface area contributed by atoms with Crippen LogP contribution in [0, 0.1) is 12.3 Å². The molecular formula is C34H30N6O4. The number of nitrogens with zero attached hydrogens (tertiary/aromatic N) is 4. The third-order valence-electron chi connectivity index (χ3n) is 7.76. The first-order valence-corrected chi connectivity index (χ1v) is 14.1. The van der Waals surface area contributed by atoms with Gasteiger partial charge in [-0.15, -0.1) is 6.42 Å². The Morgan fingerprint density at radius 3 is 2.09 bits per heavy atom. The molecule has 6 heterocycles. The summed E-state index contributed by atoms with van der Waals surface area (Å²) in [5.41, 5.74) is 8.60. The van der Waals surface area contributed by atoms with E-state index in [2.05, 4.69) is 16.2 Å². The van der Waals surface area contributed by atoms with E-state index in [-0.39, 0.29) is 24.8 Å². The van der Waals surface area contributed by atoms with E-state index < -0.39 is 0 Å². The summed E-state index contributed by atoms with van der Waals surface area (Å²) in [5, 5.41) is 3.34. The Labute approximate surface area is 255 Å². The molecule has 5 aliphatic heterocycles. The number of H-pyrrole nitrogens is 1. The molecule has 2 N–H and O–H groups in total. The minimum absolute atomic E-state index is 0.169. The lowest BCUT2D eigenvalue weighted by Crippen LogP contribution is -2.19. The molecule has 0 amide bonds. The molecule has 0 saturated heterocycles. The average Bonchev–Trinajstić information content (AvgIpc) is 3.87. The second-order valence-electron chi connectivity index (χ2n) is 10.4. The van der Waals surface area contributed by atoms with Gasteiger partial charge in [-0.1, -0.05) is 5.92 Å². The highest BCUT2D eigenvalue weighted by Crippen LogP contribution is 2.35. The molecule has 1 aromatic rings. The number of fused-ring (bicyclic) bond motifs is 5. The van der Waals surface area contributed by atoms with Gasteiger partial charge in [-0.2, -0.15) is 0 Å². The van der Waals surface area contributed by atoms with Crippen molar-refractivity contribution in [1.29, 1.82) is 0 Å². The van der Waals surface area contributed by atoms with Gasteiger partial charge in [0.15, 0.2) is 0 Å². The van der Waals surface area contributed by atoms with Crippen molar-refractivity contribution in [3.63, 3.8) is 0 Å². The number of nitrogens with one attached hydrogen (secondary N) is 2. The van der Waals surface area contributed by atoms with Crippen molar-refractivity contribution in [3.8, 4) is 12.3 Å². The van der Waals surface area contributed by atoms with Gasteiger partial charge < -0.3 is 24.7 Å². The van der Waals surface area contributed by atoms with E-state index in [1.165, 1.54) is 14.2 Å². The van der Waals surface area contributed by atoms with Crippen LogP contribution in [0.4, 0.5) is 0 Å². The Morgan fingerprint density at radius 2 is 1.41 bits per heavy atom. The Hall–Kier alpha value is -5.69. The average molecular weight is 587 g/mol. The van der Waals surface area contributed by atoms with Crippen LogP contribution in [0.5, 0.6) is 0 Å². The summed E-state index contributed by atoms with van der Waals surface area (Å²) in [7, 11) is 4.71. The van der Waals surface area contributed by atoms with Crippen molar-refractivity contribution in [3.05, 3.63) is 106 Å². The number of methoxy groups -OCH3 is 2. The maximum absolute atomic E-state index is 12.2. The van der Waals surface area contributed by atoms with Gasteiger partial charge in [-0.3, -0.25) is 9.59 Å². The molecule has 0 fully saturated rings. The fraction of sp³-hybridized carbons (Fsp3) is 0.206. The highest BCUT2D eigenvalue weighted by molar-refractivity contribution is 6.31. The molecule has 220 valence electrons. The minimum atomic E-state index is -0.323. The molecule has 0 saturated carbocycles. The fourth-order valence-electron chi connectivity index (χ4n) is 5.49. The number of esters is 2. The second kappa shape index (κ2) is 11.9. The van der Waals surface area contributed by atoms with Crippen molar-refractivity contribution < 1.29 is 19.1 Å². The zero-order chi connectivity index (χ0) is 30.8. The second-order valence-corrected chi connectivity index (χ2v) is 10.4. The van der Waals surface area contributed by atoms with Crippen molar-refractivity contribution in [2.24, 2.45) is 15.0 Å². The lowest BCUT2D eigenvalue weighted by molar-refractivity contribution is -0.141. The molecule has 1 aromatic heterocycles. The SMILES string of the molecule is C#CC1=C2C=CC(=N2)C(CCC(=O)OC)=C2C=CC(=N2)/C(=C2/NC=CN2C)c2ccc([nH]2)C(CCC(=O)OC)=C2C=CC1=N2. The molecule has 0 aromatic carbocycles. The number of rotatable bonds is 6. The third kappa shape index (κ3) is 5.31. The number of hydrogen-bond donors (Lipinski definition) is 2. The van der Waals surface area contributed by atoms with Crippen molar-refractivity contribution in [1.82, 2.24) is 15.2 Å². The number of carbonyl (C=O) groups excluding carboxylic acids is 2. The molecule has 6 rings (SSSR count). The number of carbonyl (C=O) groups is 2. The van der Waals surface area contributed by atoms with Crippen LogP contribution < -0.4 is 5.32 Å². The van der Waals surface area contributed by atoms with Gasteiger partial charge in [-0.25, -0.2) is 15.0 Å². The highest BCUT2D eigenvalue weighted by Gasteiger charge is 2.27. The molecule has 0 atom stereocenters. The minimum Gasteiger partial charge on any atom is -0.469 e. The summed E-state index contributed by atoms with van der Waals surface area (Å²) >= 11 is 0. The van der Waals surface area contributed by atoms with Gasteiger partial charge in [0.05, 0.1) is 65.3 Å². The predicted octanol–water partition coefficient (Wildman–Crippen LogP) is 4.49. The van der Waals surface area contributed by atoms with Gasteiger partial charge in [0.1, 0.15) is 5.82 Å². The number of aromatic nitrogens is 1. The number of ether oxygens (including phenoxy) is 2. The van der Waals surface area contributed by atoms with Crippen LogP contribution in [-0.2, 0) is 19.1 Å². The number of terminal acetylenes is 1. The van der Waals surface area contributed by atoms with Crippen molar-refractivity contribution in [2.75, 3.05) is 21.3 Å². The van der Waals surface area contributed by atoms with E-state index in [0.29, 0.717) is 46.9 Å². The first-order valence-electron chi connectivity index (χ1n) is 14.1. The lowest BCUT2D eigenvalue weighted by Gasteiger charge is -2.17. The summed E-state index contributed by atoms with van der Waals surface area (Å²) in [6.45, 7) is 0. The molecule has 0 unspecified atom stereocenters. The van der Waals surface area contributed by atoms with Gasteiger partial charge in [0.25, 0.3) is 0 Å². The number of aliphatic imine (C=N–C) groups is 3. The smallest absolute Gasteiger partial charge is 0.305 e. The summed E-state index contributed by atoms with van der Waals surface area (Å²) in [6, 6.07) is 3.97. The molecule has 5 aliphatic rings. The maximum atomic E-state index is 12.2. The van der Waals surface area contributed by atoms with Crippen LogP contribution in [0.25, 0.3) is 11.1 Å². The Balaban J connectivity index is 1.59. The summed E-state index contributed by atoms with van der Waals surface area (Å²) in [6.07, 6.45) is 22.3. The maximum Gasteiger partial charge on any atom is 0.305 e. The predicted molar refractivity (Wildman–Crippen MR) is 170 cm³/mol. The highest BCUT2D eigenvalue weighted by atomic mass is 16.5. The fourth-order valence-corrected chi connectivity index (χ4v) is 5.49. The van der Waals surface area contributed by atoms with Gasteiger partial charge in [0, 0.05) is 49.1 Å². The summed E-state index contributed by atoms with van der Waals surface area (Å²) in [4.78, 5) is 44.7. The topological polar surface area (TPSA) is 121 Å². The number of allylic oxidation sites excluding steroid dienone is 10. The monoisotopic (exact) mass is 586 g/mol.